The van der Waals surface area contributed by atoms with Crippen molar-refractivity contribution in [1.82, 2.24) is 15.3 Å². The van der Waals surface area contributed by atoms with Crippen LogP contribution in [0.4, 0.5) is 0 Å². The highest BCUT2D eigenvalue weighted by atomic mass is 16.5. The number of pyridine rings is 2. The second-order valence-corrected chi connectivity index (χ2v) is 9.82. The van der Waals surface area contributed by atoms with Crippen LogP contribution >= 0.6 is 0 Å². The number of nitrogens with zero attached hydrogens (tertiary/aromatic N) is 2. The molecule has 0 saturated heterocycles. The van der Waals surface area contributed by atoms with E-state index in [-0.39, 0.29) is 5.56 Å². The van der Waals surface area contributed by atoms with Crippen LogP contribution in [0, 0.1) is 34.6 Å². The van der Waals surface area contributed by atoms with Gasteiger partial charge in [-0.1, -0.05) is 6.07 Å². The molecule has 0 aliphatic heterocycles. The van der Waals surface area contributed by atoms with Crippen LogP contribution in [0.3, 0.4) is 0 Å². The molecule has 0 fully saturated rings. The lowest BCUT2D eigenvalue weighted by molar-refractivity contribution is 0.0697. The number of ether oxygens (including phenoxy) is 2. The van der Waals surface area contributed by atoms with E-state index < -0.39 is 5.97 Å². The molecule has 7 nitrogen and oxygen atoms in total. The van der Waals surface area contributed by atoms with Crippen LogP contribution in [0.15, 0.2) is 36.7 Å². The Hall–Kier alpha value is -3.55. The minimum atomic E-state index is -0.989. The average Bonchev–Trinajstić information content (AvgIpc) is 2.93. The Morgan fingerprint density at radius 1 is 0.868 bits per heavy atom. The van der Waals surface area contributed by atoms with E-state index in [0.29, 0.717) is 31.2 Å². The van der Waals surface area contributed by atoms with Crippen molar-refractivity contribution in [3.8, 4) is 5.88 Å². The summed E-state index contributed by atoms with van der Waals surface area (Å²) in [6, 6.07) is 6.77. The Labute approximate surface area is 224 Å². The Kier molecular flexibility index (Phi) is 8.92. The number of hydrogen-bond donors (Lipinski definition) is 2. The molecule has 4 rings (SSSR count). The number of carboxylic acid groups (broad SMARTS) is 1. The third-order valence-electron chi connectivity index (χ3n) is 7.62. The smallest absolute Gasteiger partial charge is 0.335 e. The van der Waals surface area contributed by atoms with Crippen molar-refractivity contribution in [2.45, 2.75) is 54.0 Å². The highest BCUT2D eigenvalue weighted by molar-refractivity contribution is 6.08. The van der Waals surface area contributed by atoms with Gasteiger partial charge in [0.2, 0.25) is 5.88 Å². The van der Waals surface area contributed by atoms with Crippen LogP contribution in [0.5, 0.6) is 5.88 Å². The van der Waals surface area contributed by atoms with Gasteiger partial charge in [-0.15, -0.1) is 0 Å². The maximum atomic E-state index is 11.4. The summed E-state index contributed by atoms with van der Waals surface area (Å²) in [6.07, 6.45) is 5.46. The maximum absolute atomic E-state index is 11.4. The standard InChI is InChI=1S/C31H37N3O4/c1-19-20(2)22(4)27(23(5)21(19)3)17-32-11-6-7-13-37-14-15-38-30-26-10-12-33-18-28(26)25-9-8-24(31(35)36)16-29(25)34-30/h8-10,12,16,18,32H,6-7,11,13-15,17H2,1-5H3,(H,35,36). The number of fused-ring (bicyclic) bond motifs is 3. The summed E-state index contributed by atoms with van der Waals surface area (Å²) in [5.41, 5.74) is 9.16. The van der Waals surface area contributed by atoms with Gasteiger partial charge in [-0.2, -0.15) is 0 Å². The average molecular weight is 516 g/mol. The minimum absolute atomic E-state index is 0.186. The van der Waals surface area contributed by atoms with Crippen LogP contribution in [0.2, 0.25) is 0 Å². The summed E-state index contributed by atoms with van der Waals surface area (Å²) >= 11 is 0. The zero-order valence-corrected chi connectivity index (χ0v) is 23.0. The summed E-state index contributed by atoms with van der Waals surface area (Å²) in [4.78, 5) is 20.2. The molecule has 0 atom stereocenters. The van der Waals surface area contributed by atoms with E-state index in [9.17, 15) is 9.90 Å². The molecular weight excluding hydrogens is 478 g/mol. The molecule has 7 heteroatoms. The van der Waals surface area contributed by atoms with Gasteiger partial charge in [-0.05, 0) is 106 Å². The van der Waals surface area contributed by atoms with E-state index in [1.54, 1.807) is 30.6 Å². The van der Waals surface area contributed by atoms with Gasteiger partial charge in [0.1, 0.15) is 6.61 Å². The molecule has 0 spiro atoms. The number of unbranched alkanes of at least 4 members (excludes halogenated alkanes) is 1. The van der Waals surface area contributed by atoms with E-state index >= 15 is 0 Å². The Morgan fingerprint density at radius 3 is 2.34 bits per heavy atom. The van der Waals surface area contributed by atoms with Gasteiger partial charge in [0.05, 0.1) is 17.7 Å². The van der Waals surface area contributed by atoms with Gasteiger partial charge in [0.15, 0.2) is 0 Å². The fourth-order valence-corrected chi connectivity index (χ4v) is 4.87. The molecule has 0 radical (unpaired) electrons. The third kappa shape index (κ3) is 5.95. The van der Waals surface area contributed by atoms with Crippen molar-refractivity contribution in [3.63, 3.8) is 0 Å². The van der Waals surface area contributed by atoms with Crippen molar-refractivity contribution < 1.29 is 19.4 Å². The largest absolute Gasteiger partial charge is 0.478 e. The van der Waals surface area contributed by atoms with Crippen LogP contribution < -0.4 is 10.1 Å². The number of benzene rings is 2. The highest BCUT2D eigenvalue weighted by Crippen LogP contribution is 2.30. The van der Waals surface area contributed by atoms with Gasteiger partial charge in [0, 0.05) is 41.7 Å². The topological polar surface area (TPSA) is 93.6 Å². The zero-order chi connectivity index (χ0) is 27.2. The molecular formula is C31H37N3O4. The number of aromatic nitrogens is 2. The first-order valence-electron chi connectivity index (χ1n) is 13.2. The summed E-state index contributed by atoms with van der Waals surface area (Å²) in [5, 5.41) is 15.5. The maximum Gasteiger partial charge on any atom is 0.335 e. The SMILES string of the molecule is Cc1c(C)c(C)c(CNCCCCOCCOc2nc3cc(C(=O)O)ccc3c3cnccc23)c(C)c1C. The van der Waals surface area contributed by atoms with Crippen molar-refractivity contribution in [1.29, 1.82) is 0 Å². The fraction of sp³-hybridized carbons (Fsp3) is 0.387. The van der Waals surface area contributed by atoms with Gasteiger partial charge in [-0.3, -0.25) is 4.98 Å². The Bertz CT molecular complexity index is 1440. The lowest BCUT2D eigenvalue weighted by Crippen LogP contribution is -2.18. The van der Waals surface area contributed by atoms with Crippen LogP contribution in [-0.2, 0) is 11.3 Å². The summed E-state index contributed by atoms with van der Waals surface area (Å²) in [5.74, 6) is -0.533. The summed E-state index contributed by atoms with van der Waals surface area (Å²) in [6.45, 7) is 14.4. The van der Waals surface area contributed by atoms with E-state index in [2.05, 4.69) is 49.9 Å². The molecule has 0 amide bonds. The predicted molar refractivity (Wildman–Crippen MR) is 151 cm³/mol. The molecule has 2 N–H and O–H groups in total. The normalized spacial score (nSPS) is 11.4. The van der Waals surface area contributed by atoms with Gasteiger partial charge >= 0.3 is 5.97 Å². The first-order chi connectivity index (χ1) is 18.3. The van der Waals surface area contributed by atoms with E-state index in [0.717, 1.165) is 42.1 Å². The number of hydrogen-bond acceptors (Lipinski definition) is 6. The number of carbonyl (C=O) groups is 1. The van der Waals surface area contributed by atoms with E-state index in [1.807, 2.05) is 6.07 Å². The lowest BCUT2D eigenvalue weighted by atomic mass is 9.89. The van der Waals surface area contributed by atoms with E-state index in [4.69, 9.17) is 9.47 Å². The predicted octanol–water partition coefficient (Wildman–Crippen LogP) is 5.99. The molecule has 2 aromatic heterocycles. The molecule has 2 heterocycles. The van der Waals surface area contributed by atoms with E-state index in [1.165, 1.54) is 33.4 Å². The molecule has 0 saturated carbocycles. The summed E-state index contributed by atoms with van der Waals surface area (Å²) in [7, 11) is 0. The van der Waals surface area contributed by atoms with Crippen molar-refractivity contribution in [2.75, 3.05) is 26.4 Å². The molecule has 2 aromatic carbocycles. The first-order valence-corrected chi connectivity index (χ1v) is 13.2. The Balaban J connectivity index is 1.22. The van der Waals surface area contributed by atoms with Gasteiger partial charge in [-0.25, -0.2) is 9.78 Å². The van der Waals surface area contributed by atoms with Gasteiger partial charge in [0.25, 0.3) is 0 Å². The molecule has 0 bridgehead atoms. The minimum Gasteiger partial charge on any atom is -0.478 e. The number of rotatable bonds is 12. The quantitative estimate of drug-likeness (QED) is 0.177. The fourth-order valence-electron chi connectivity index (χ4n) is 4.87. The zero-order valence-electron chi connectivity index (χ0n) is 23.0. The van der Waals surface area contributed by atoms with Gasteiger partial charge < -0.3 is 19.9 Å². The Morgan fingerprint density at radius 2 is 1.61 bits per heavy atom. The van der Waals surface area contributed by atoms with Crippen LogP contribution in [0.1, 0.15) is 56.6 Å². The van der Waals surface area contributed by atoms with Crippen LogP contribution in [-0.4, -0.2) is 47.4 Å². The molecule has 200 valence electrons. The highest BCUT2D eigenvalue weighted by Gasteiger charge is 2.13. The number of aromatic carboxylic acids is 1. The van der Waals surface area contributed by atoms with Crippen molar-refractivity contribution in [2.24, 2.45) is 0 Å². The number of nitrogens with one attached hydrogen (secondary N) is 1. The molecule has 0 unspecified atom stereocenters. The second kappa shape index (κ2) is 12.3. The van der Waals surface area contributed by atoms with Crippen molar-refractivity contribution in [3.05, 3.63) is 75.6 Å². The summed E-state index contributed by atoms with van der Waals surface area (Å²) < 4.78 is 11.7. The number of carboxylic acids is 1. The van der Waals surface area contributed by atoms with Crippen molar-refractivity contribution >= 4 is 27.6 Å². The molecule has 0 aliphatic carbocycles. The molecule has 0 aliphatic rings. The molecule has 4 aromatic rings. The van der Waals surface area contributed by atoms with Crippen LogP contribution in [0.25, 0.3) is 21.7 Å². The second-order valence-electron chi connectivity index (χ2n) is 9.82. The molecule has 38 heavy (non-hydrogen) atoms. The lowest BCUT2D eigenvalue weighted by Gasteiger charge is -2.19. The monoisotopic (exact) mass is 515 g/mol. The third-order valence-corrected chi connectivity index (χ3v) is 7.62. The first kappa shape index (κ1) is 27.5.